The first-order chi connectivity index (χ1) is 8.40. The number of nitrogens with one attached hydrogen (secondary N) is 1. The molecule has 2 amide bonds. The van der Waals surface area contributed by atoms with Crippen molar-refractivity contribution in [3.8, 4) is 0 Å². The van der Waals surface area contributed by atoms with Crippen LogP contribution in [0.5, 0.6) is 0 Å². The molecule has 0 saturated carbocycles. The third-order valence-electron chi connectivity index (χ3n) is 2.35. The summed E-state index contributed by atoms with van der Waals surface area (Å²) >= 11 is 0. The summed E-state index contributed by atoms with van der Waals surface area (Å²) in [5.74, 6) is -1.94. The monoisotopic (exact) mass is 250 g/mol. The van der Waals surface area contributed by atoms with E-state index in [1.165, 1.54) is 6.07 Å². The predicted molar refractivity (Wildman–Crippen MR) is 65.2 cm³/mol. The van der Waals surface area contributed by atoms with Crippen LogP contribution >= 0.6 is 0 Å². The molecule has 0 radical (unpaired) electrons. The molecule has 1 aromatic carbocycles. The van der Waals surface area contributed by atoms with Crippen LogP contribution in [0.3, 0.4) is 0 Å². The van der Waals surface area contributed by atoms with Gasteiger partial charge in [0.05, 0.1) is 6.42 Å². The Balaban J connectivity index is 2.70. The van der Waals surface area contributed by atoms with Gasteiger partial charge < -0.3 is 16.2 Å². The molecule has 0 aromatic heterocycles. The molecular formula is C12H14N2O4. The van der Waals surface area contributed by atoms with Crippen LogP contribution in [0.1, 0.15) is 28.8 Å². The summed E-state index contributed by atoms with van der Waals surface area (Å²) in [5, 5.41) is 11.0. The summed E-state index contributed by atoms with van der Waals surface area (Å²) in [5.41, 5.74) is 6.71. The lowest BCUT2D eigenvalue weighted by Gasteiger charge is -2.08. The highest BCUT2D eigenvalue weighted by atomic mass is 16.4. The van der Waals surface area contributed by atoms with Gasteiger partial charge in [-0.3, -0.25) is 14.4 Å². The van der Waals surface area contributed by atoms with Gasteiger partial charge in [-0.15, -0.1) is 0 Å². The van der Waals surface area contributed by atoms with Crippen molar-refractivity contribution in [3.63, 3.8) is 0 Å². The molecule has 0 atom stereocenters. The fourth-order valence-corrected chi connectivity index (χ4v) is 1.39. The summed E-state index contributed by atoms with van der Waals surface area (Å²) in [6, 6.07) is 4.63. The number of benzene rings is 1. The SMILES string of the molecule is Cc1cc(C(N)=O)ccc1NC(=O)CCC(=O)O. The number of carboxylic acid groups (broad SMARTS) is 1. The highest BCUT2D eigenvalue weighted by molar-refractivity contribution is 5.96. The van der Waals surface area contributed by atoms with Crippen LogP contribution in [-0.2, 0) is 9.59 Å². The Kier molecular flexibility index (Phi) is 4.42. The van der Waals surface area contributed by atoms with Gasteiger partial charge >= 0.3 is 5.97 Å². The van der Waals surface area contributed by atoms with E-state index in [2.05, 4.69) is 5.32 Å². The van der Waals surface area contributed by atoms with Gasteiger partial charge in [0.2, 0.25) is 11.8 Å². The van der Waals surface area contributed by atoms with Gasteiger partial charge in [-0.1, -0.05) is 0 Å². The van der Waals surface area contributed by atoms with Gasteiger partial charge in [-0.05, 0) is 30.7 Å². The lowest BCUT2D eigenvalue weighted by molar-refractivity contribution is -0.138. The van der Waals surface area contributed by atoms with Crippen LogP contribution in [0.2, 0.25) is 0 Å². The standard InChI is InChI=1S/C12H14N2O4/c1-7-6-8(12(13)18)2-3-9(7)14-10(15)4-5-11(16)17/h2-3,6H,4-5H2,1H3,(H2,13,18)(H,14,15)(H,16,17). The molecule has 0 aliphatic carbocycles. The maximum Gasteiger partial charge on any atom is 0.303 e. The van der Waals surface area contributed by atoms with E-state index in [4.69, 9.17) is 10.8 Å². The van der Waals surface area contributed by atoms with Crippen molar-refractivity contribution in [3.05, 3.63) is 29.3 Å². The van der Waals surface area contributed by atoms with Crippen molar-refractivity contribution in [2.24, 2.45) is 5.73 Å². The molecule has 0 spiro atoms. The normalized spacial score (nSPS) is 9.83. The Morgan fingerprint density at radius 1 is 1.28 bits per heavy atom. The number of carbonyl (C=O) groups is 3. The number of primary amides is 1. The third kappa shape index (κ3) is 3.89. The lowest BCUT2D eigenvalue weighted by atomic mass is 10.1. The van der Waals surface area contributed by atoms with E-state index >= 15 is 0 Å². The van der Waals surface area contributed by atoms with Crippen LogP contribution in [0.15, 0.2) is 18.2 Å². The molecule has 0 aliphatic rings. The van der Waals surface area contributed by atoms with Gasteiger partial charge in [-0.25, -0.2) is 0 Å². The number of carboxylic acids is 1. The second-order valence-corrected chi connectivity index (χ2v) is 3.84. The Morgan fingerprint density at radius 3 is 2.44 bits per heavy atom. The Morgan fingerprint density at radius 2 is 1.94 bits per heavy atom. The molecule has 0 saturated heterocycles. The largest absolute Gasteiger partial charge is 0.481 e. The number of aliphatic carboxylic acids is 1. The van der Waals surface area contributed by atoms with Gasteiger partial charge in [0.1, 0.15) is 0 Å². The number of aryl methyl sites for hydroxylation is 1. The summed E-state index contributed by atoms with van der Waals surface area (Å²) in [7, 11) is 0. The number of carbonyl (C=O) groups excluding carboxylic acids is 2. The second kappa shape index (κ2) is 5.81. The maximum absolute atomic E-state index is 11.4. The average molecular weight is 250 g/mol. The molecule has 6 nitrogen and oxygen atoms in total. The number of nitrogens with two attached hydrogens (primary N) is 1. The molecular weight excluding hydrogens is 236 g/mol. The van der Waals surface area contributed by atoms with E-state index < -0.39 is 11.9 Å². The summed E-state index contributed by atoms with van der Waals surface area (Å²) in [6.45, 7) is 1.72. The van der Waals surface area contributed by atoms with Gasteiger partial charge in [0.15, 0.2) is 0 Å². The van der Waals surface area contributed by atoms with Crippen LogP contribution in [-0.4, -0.2) is 22.9 Å². The minimum Gasteiger partial charge on any atom is -0.481 e. The highest BCUT2D eigenvalue weighted by Crippen LogP contribution is 2.16. The van der Waals surface area contributed by atoms with Gasteiger partial charge in [-0.2, -0.15) is 0 Å². The van der Waals surface area contributed by atoms with Gasteiger partial charge in [0, 0.05) is 17.7 Å². The zero-order chi connectivity index (χ0) is 13.7. The Labute approximate surface area is 104 Å². The molecule has 0 heterocycles. The molecule has 0 fully saturated rings. The van der Waals surface area contributed by atoms with Crippen molar-refractivity contribution < 1.29 is 19.5 Å². The van der Waals surface area contributed by atoms with Crippen molar-refractivity contribution in [2.45, 2.75) is 19.8 Å². The van der Waals surface area contributed by atoms with E-state index in [0.717, 1.165) is 0 Å². The van der Waals surface area contributed by atoms with Crippen molar-refractivity contribution >= 4 is 23.5 Å². The van der Waals surface area contributed by atoms with Crippen molar-refractivity contribution in [1.29, 1.82) is 0 Å². The zero-order valence-corrected chi connectivity index (χ0v) is 9.90. The van der Waals surface area contributed by atoms with E-state index in [-0.39, 0.29) is 18.7 Å². The van der Waals surface area contributed by atoms with E-state index in [1.807, 2.05) is 0 Å². The molecule has 18 heavy (non-hydrogen) atoms. The summed E-state index contributed by atoms with van der Waals surface area (Å²) < 4.78 is 0. The van der Waals surface area contributed by atoms with Crippen LogP contribution in [0.4, 0.5) is 5.69 Å². The number of amides is 2. The predicted octanol–water partition coefficient (Wildman–Crippen LogP) is 0.897. The van der Waals surface area contributed by atoms with E-state index in [9.17, 15) is 14.4 Å². The highest BCUT2D eigenvalue weighted by Gasteiger charge is 2.08. The fourth-order valence-electron chi connectivity index (χ4n) is 1.39. The van der Waals surface area contributed by atoms with Crippen molar-refractivity contribution in [1.82, 2.24) is 0 Å². The number of rotatable bonds is 5. The van der Waals surface area contributed by atoms with Crippen LogP contribution in [0.25, 0.3) is 0 Å². The molecule has 0 unspecified atom stereocenters. The van der Waals surface area contributed by atoms with Crippen LogP contribution in [0, 0.1) is 6.92 Å². The molecule has 1 aromatic rings. The summed E-state index contributed by atoms with van der Waals surface area (Å²) in [6.07, 6.45) is -0.309. The first kappa shape index (κ1) is 13.7. The fraction of sp³-hybridized carbons (Fsp3) is 0.250. The molecule has 0 bridgehead atoms. The molecule has 96 valence electrons. The van der Waals surface area contributed by atoms with Gasteiger partial charge in [0.25, 0.3) is 0 Å². The third-order valence-corrected chi connectivity index (χ3v) is 2.35. The number of hydrogen-bond donors (Lipinski definition) is 3. The first-order valence-electron chi connectivity index (χ1n) is 5.32. The minimum absolute atomic E-state index is 0.0909. The lowest BCUT2D eigenvalue weighted by Crippen LogP contribution is -2.15. The zero-order valence-electron chi connectivity index (χ0n) is 9.90. The second-order valence-electron chi connectivity index (χ2n) is 3.84. The topological polar surface area (TPSA) is 109 Å². The Hall–Kier alpha value is -2.37. The Bertz CT molecular complexity index is 497. The average Bonchev–Trinajstić information content (AvgIpc) is 2.29. The van der Waals surface area contributed by atoms with Crippen LogP contribution < -0.4 is 11.1 Å². The minimum atomic E-state index is -1.02. The molecule has 0 aliphatic heterocycles. The smallest absolute Gasteiger partial charge is 0.303 e. The molecule has 6 heteroatoms. The number of anilines is 1. The van der Waals surface area contributed by atoms with Crippen molar-refractivity contribution in [2.75, 3.05) is 5.32 Å². The number of hydrogen-bond acceptors (Lipinski definition) is 3. The molecule has 1 rings (SSSR count). The van der Waals surface area contributed by atoms with E-state index in [1.54, 1.807) is 19.1 Å². The molecule has 4 N–H and O–H groups in total. The maximum atomic E-state index is 11.4. The quantitative estimate of drug-likeness (QED) is 0.721. The summed E-state index contributed by atoms with van der Waals surface area (Å²) in [4.78, 5) is 32.7. The first-order valence-corrected chi connectivity index (χ1v) is 5.32. The van der Waals surface area contributed by atoms with E-state index in [0.29, 0.717) is 16.8 Å².